The number of amides is 1. The summed E-state index contributed by atoms with van der Waals surface area (Å²) in [5.41, 5.74) is -0.355. The number of nitro groups is 1. The molecule has 17 heavy (non-hydrogen) atoms. The minimum Gasteiger partial charge on any atom is -0.351 e. The Labute approximate surface area is 103 Å². The van der Waals surface area contributed by atoms with Crippen LogP contribution < -0.4 is 5.32 Å². The molecule has 0 saturated carbocycles. The Morgan fingerprint density at radius 1 is 1.59 bits per heavy atom. The molecule has 0 saturated heterocycles. The van der Waals surface area contributed by atoms with E-state index in [2.05, 4.69) is 11.2 Å². The lowest BCUT2D eigenvalue weighted by molar-refractivity contribution is -0.385. The highest BCUT2D eigenvalue weighted by molar-refractivity contribution is 6.31. The lowest BCUT2D eigenvalue weighted by Gasteiger charge is -2.04. The maximum absolute atomic E-state index is 11.7. The van der Waals surface area contributed by atoms with Gasteiger partial charge in [-0.15, -0.1) is 12.3 Å². The molecule has 88 valence electrons. The van der Waals surface area contributed by atoms with E-state index in [0.717, 1.165) is 0 Å². The topological polar surface area (TPSA) is 72.2 Å². The molecule has 0 radical (unpaired) electrons. The van der Waals surface area contributed by atoms with Crippen molar-refractivity contribution in [2.24, 2.45) is 0 Å². The van der Waals surface area contributed by atoms with Gasteiger partial charge in [-0.25, -0.2) is 0 Å². The second-order valence-corrected chi connectivity index (χ2v) is 3.57. The molecule has 1 aromatic rings. The highest BCUT2D eigenvalue weighted by atomic mass is 35.5. The smallest absolute Gasteiger partial charge is 0.282 e. The standard InChI is InChI=1S/C11H9ClN2O3/c1-2-3-6-13-11(15)9-7-8(12)4-5-10(9)14(16)17/h1,4-5,7H,3,6H2,(H,13,15). The average molecular weight is 253 g/mol. The number of carbonyl (C=O) groups excluding carboxylic acids is 1. The van der Waals surface area contributed by atoms with Crippen molar-refractivity contribution in [3.8, 4) is 12.3 Å². The maximum atomic E-state index is 11.7. The number of nitrogens with one attached hydrogen (secondary N) is 1. The van der Waals surface area contributed by atoms with E-state index in [9.17, 15) is 14.9 Å². The van der Waals surface area contributed by atoms with Gasteiger partial charge >= 0.3 is 0 Å². The number of hydrogen-bond acceptors (Lipinski definition) is 3. The normalized spacial score (nSPS) is 9.41. The highest BCUT2D eigenvalue weighted by Crippen LogP contribution is 2.22. The Hall–Kier alpha value is -2.06. The van der Waals surface area contributed by atoms with Crippen LogP contribution in [-0.2, 0) is 0 Å². The summed E-state index contributed by atoms with van der Waals surface area (Å²) in [5.74, 6) is 1.79. The third-order valence-electron chi connectivity index (χ3n) is 1.95. The van der Waals surface area contributed by atoms with Gasteiger partial charge in [0.15, 0.2) is 0 Å². The molecule has 0 heterocycles. The summed E-state index contributed by atoms with van der Waals surface area (Å²) in [6.07, 6.45) is 5.39. The summed E-state index contributed by atoms with van der Waals surface area (Å²) >= 11 is 5.69. The molecule has 0 bridgehead atoms. The second kappa shape index (κ2) is 5.87. The fraction of sp³-hybridized carbons (Fsp3) is 0.182. The predicted molar refractivity (Wildman–Crippen MR) is 63.9 cm³/mol. The van der Waals surface area contributed by atoms with Crippen molar-refractivity contribution >= 4 is 23.2 Å². The fourth-order valence-electron chi connectivity index (χ4n) is 1.19. The first-order valence-corrected chi connectivity index (χ1v) is 5.09. The van der Waals surface area contributed by atoms with Gasteiger partial charge in [-0.05, 0) is 12.1 Å². The minimum absolute atomic E-state index is 0.0699. The van der Waals surface area contributed by atoms with Crippen LogP contribution in [0.2, 0.25) is 5.02 Å². The third-order valence-corrected chi connectivity index (χ3v) is 2.19. The lowest BCUT2D eigenvalue weighted by atomic mass is 10.1. The van der Waals surface area contributed by atoms with Gasteiger partial charge in [-0.2, -0.15) is 0 Å². The van der Waals surface area contributed by atoms with Gasteiger partial charge < -0.3 is 5.32 Å². The SMILES string of the molecule is C#CCCNC(=O)c1cc(Cl)ccc1[N+](=O)[O-]. The van der Waals surface area contributed by atoms with Crippen LogP contribution in [0, 0.1) is 22.5 Å². The number of hydrogen-bond donors (Lipinski definition) is 1. The molecule has 0 aliphatic heterocycles. The molecule has 6 heteroatoms. The number of terminal acetylenes is 1. The van der Waals surface area contributed by atoms with Crippen LogP contribution in [0.25, 0.3) is 0 Å². The first kappa shape index (κ1) is 13.0. The van der Waals surface area contributed by atoms with Crippen LogP contribution in [0.3, 0.4) is 0 Å². The number of halogens is 1. The second-order valence-electron chi connectivity index (χ2n) is 3.13. The van der Waals surface area contributed by atoms with Crippen molar-refractivity contribution < 1.29 is 9.72 Å². The molecule has 0 unspecified atom stereocenters. The molecule has 1 aromatic carbocycles. The molecule has 0 atom stereocenters. The molecule has 1 rings (SSSR count). The molecule has 0 spiro atoms. The molecular formula is C11H9ClN2O3. The van der Waals surface area contributed by atoms with E-state index in [4.69, 9.17) is 18.0 Å². The summed E-state index contributed by atoms with van der Waals surface area (Å²) in [5, 5.41) is 13.5. The van der Waals surface area contributed by atoms with Crippen molar-refractivity contribution in [3.05, 3.63) is 38.9 Å². The zero-order chi connectivity index (χ0) is 12.8. The van der Waals surface area contributed by atoms with Crippen molar-refractivity contribution in [1.82, 2.24) is 5.32 Å². The van der Waals surface area contributed by atoms with Crippen molar-refractivity contribution in [1.29, 1.82) is 0 Å². The van der Waals surface area contributed by atoms with E-state index in [1.165, 1.54) is 18.2 Å². The van der Waals surface area contributed by atoms with Crippen LogP contribution in [0.1, 0.15) is 16.8 Å². The zero-order valence-corrected chi connectivity index (χ0v) is 9.53. The van der Waals surface area contributed by atoms with E-state index in [-0.39, 0.29) is 22.8 Å². The first-order chi connectivity index (χ1) is 8.06. The predicted octanol–water partition coefficient (Wildman–Crippen LogP) is 2.00. The Morgan fingerprint density at radius 2 is 2.29 bits per heavy atom. The summed E-state index contributed by atoms with van der Waals surface area (Å²) in [6, 6.07) is 3.81. The quantitative estimate of drug-likeness (QED) is 0.386. The molecule has 0 fully saturated rings. The zero-order valence-electron chi connectivity index (χ0n) is 8.77. The Balaban J connectivity index is 2.95. The van der Waals surface area contributed by atoms with Gasteiger partial charge in [-0.1, -0.05) is 11.6 Å². The van der Waals surface area contributed by atoms with Crippen molar-refractivity contribution in [2.75, 3.05) is 6.54 Å². The molecule has 5 nitrogen and oxygen atoms in total. The molecule has 0 aromatic heterocycles. The summed E-state index contributed by atoms with van der Waals surface area (Å²) < 4.78 is 0. The average Bonchev–Trinajstić information content (AvgIpc) is 2.28. The van der Waals surface area contributed by atoms with Crippen LogP contribution in [0.4, 0.5) is 5.69 Å². The largest absolute Gasteiger partial charge is 0.351 e. The number of nitro benzene ring substituents is 1. The van der Waals surface area contributed by atoms with Gasteiger partial charge in [0.05, 0.1) is 4.92 Å². The van der Waals surface area contributed by atoms with Crippen LogP contribution in [-0.4, -0.2) is 17.4 Å². The van der Waals surface area contributed by atoms with E-state index < -0.39 is 10.8 Å². The summed E-state index contributed by atoms with van der Waals surface area (Å²) in [6.45, 7) is 0.263. The van der Waals surface area contributed by atoms with Crippen LogP contribution >= 0.6 is 11.6 Å². The summed E-state index contributed by atoms with van der Waals surface area (Å²) in [4.78, 5) is 21.7. The van der Waals surface area contributed by atoms with Gasteiger partial charge in [0, 0.05) is 24.1 Å². The molecular weight excluding hydrogens is 244 g/mol. The molecule has 0 aliphatic rings. The van der Waals surface area contributed by atoms with E-state index >= 15 is 0 Å². The highest BCUT2D eigenvalue weighted by Gasteiger charge is 2.19. The van der Waals surface area contributed by atoms with E-state index in [1.54, 1.807) is 0 Å². The van der Waals surface area contributed by atoms with Gasteiger partial charge in [-0.3, -0.25) is 14.9 Å². The first-order valence-electron chi connectivity index (χ1n) is 4.72. The molecule has 0 aliphatic carbocycles. The maximum Gasteiger partial charge on any atom is 0.282 e. The minimum atomic E-state index is -0.633. The van der Waals surface area contributed by atoms with Gasteiger partial charge in [0.25, 0.3) is 11.6 Å². The number of carbonyl (C=O) groups is 1. The van der Waals surface area contributed by atoms with Gasteiger partial charge in [0.1, 0.15) is 5.56 Å². The third kappa shape index (κ3) is 3.47. The molecule has 1 N–H and O–H groups in total. The summed E-state index contributed by atoms with van der Waals surface area (Å²) in [7, 11) is 0. The van der Waals surface area contributed by atoms with Gasteiger partial charge in [0.2, 0.25) is 0 Å². The van der Waals surface area contributed by atoms with Crippen LogP contribution in [0.15, 0.2) is 18.2 Å². The van der Waals surface area contributed by atoms with Crippen molar-refractivity contribution in [2.45, 2.75) is 6.42 Å². The Morgan fingerprint density at radius 3 is 2.88 bits per heavy atom. The van der Waals surface area contributed by atoms with E-state index in [1.807, 2.05) is 0 Å². The fourth-order valence-corrected chi connectivity index (χ4v) is 1.36. The number of benzene rings is 1. The monoisotopic (exact) mass is 252 g/mol. The number of nitrogens with zero attached hydrogens (tertiary/aromatic N) is 1. The lowest BCUT2D eigenvalue weighted by Crippen LogP contribution is -2.25. The number of rotatable bonds is 4. The van der Waals surface area contributed by atoms with Crippen LogP contribution in [0.5, 0.6) is 0 Å². The van der Waals surface area contributed by atoms with Crippen molar-refractivity contribution in [3.63, 3.8) is 0 Å². The Kier molecular flexibility index (Phi) is 4.49. The molecule has 1 amide bonds. The van der Waals surface area contributed by atoms with E-state index in [0.29, 0.717) is 6.42 Å². The Bertz CT molecular complexity index is 494.